The van der Waals surface area contributed by atoms with E-state index in [4.69, 9.17) is 0 Å². The minimum absolute atomic E-state index is 0.154. The van der Waals surface area contributed by atoms with Crippen LogP contribution in [0, 0.1) is 0 Å². The average Bonchev–Trinajstić information content (AvgIpc) is 2.50. The molecule has 1 aromatic carbocycles. The zero-order valence-corrected chi connectivity index (χ0v) is 12.7. The molecule has 6 heteroatoms. The molecule has 0 spiro atoms. The SMILES string of the molecule is CCCNC(C)c1ccc(NC(=O)NCC(=O)OC)cc1. The van der Waals surface area contributed by atoms with E-state index in [1.54, 1.807) is 0 Å². The quantitative estimate of drug-likeness (QED) is 0.672. The molecule has 0 aliphatic heterocycles. The summed E-state index contributed by atoms with van der Waals surface area (Å²) in [5.74, 6) is -0.490. The van der Waals surface area contributed by atoms with Gasteiger partial charge in [-0.3, -0.25) is 4.79 Å². The molecule has 1 atom stereocenters. The van der Waals surface area contributed by atoms with Crippen molar-refractivity contribution in [3.05, 3.63) is 29.8 Å². The third-order valence-corrected chi connectivity index (χ3v) is 2.99. The van der Waals surface area contributed by atoms with Crippen LogP contribution in [0.15, 0.2) is 24.3 Å². The maximum atomic E-state index is 11.6. The second-order valence-electron chi connectivity index (χ2n) is 4.68. The van der Waals surface area contributed by atoms with Gasteiger partial charge < -0.3 is 20.7 Å². The number of carbonyl (C=O) groups is 2. The van der Waals surface area contributed by atoms with Gasteiger partial charge in [0.05, 0.1) is 7.11 Å². The van der Waals surface area contributed by atoms with Crippen LogP contribution >= 0.6 is 0 Å². The van der Waals surface area contributed by atoms with Crippen molar-refractivity contribution in [2.24, 2.45) is 0 Å². The van der Waals surface area contributed by atoms with Crippen molar-refractivity contribution in [1.82, 2.24) is 10.6 Å². The molecule has 6 nitrogen and oxygen atoms in total. The maximum Gasteiger partial charge on any atom is 0.325 e. The Bertz CT molecular complexity index is 460. The number of methoxy groups -OCH3 is 1. The Morgan fingerprint density at radius 1 is 1.24 bits per heavy atom. The van der Waals surface area contributed by atoms with Crippen molar-refractivity contribution >= 4 is 17.7 Å². The van der Waals surface area contributed by atoms with Crippen LogP contribution in [-0.4, -0.2) is 32.2 Å². The highest BCUT2D eigenvalue weighted by molar-refractivity contribution is 5.91. The molecule has 116 valence electrons. The van der Waals surface area contributed by atoms with Crippen molar-refractivity contribution in [3.63, 3.8) is 0 Å². The largest absolute Gasteiger partial charge is 0.468 e. The van der Waals surface area contributed by atoms with Gasteiger partial charge in [0.2, 0.25) is 0 Å². The summed E-state index contributed by atoms with van der Waals surface area (Å²) < 4.78 is 4.44. The van der Waals surface area contributed by atoms with Gasteiger partial charge >= 0.3 is 12.0 Å². The van der Waals surface area contributed by atoms with Gasteiger partial charge in [-0.05, 0) is 37.6 Å². The number of carbonyl (C=O) groups excluding carboxylic acids is 2. The third-order valence-electron chi connectivity index (χ3n) is 2.99. The molecule has 0 aliphatic rings. The number of nitrogens with one attached hydrogen (secondary N) is 3. The van der Waals surface area contributed by atoms with E-state index < -0.39 is 12.0 Å². The molecule has 1 unspecified atom stereocenters. The second kappa shape index (κ2) is 8.97. The first-order valence-corrected chi connectivity index (χ1v) is 7.01. The Balaban J connectivity index is 2.46. The summed E-state index contributed by atoms with van der Waals surface area (Å²) in [5, 5.41) is 8.46. The van der Waals surface area contributed by atoms with Crippen LogP contribution in [0.2, 0.25) is 0 Å². The first kappa shape index (κ1) is 17.0. The fourth-order valence-electron chi connectivity index (χ4n) is 1.73. The summed E-state index contributed by atoms with van der Waals surface area (Å²) in [7, 11) is 1.27. The summed E-state index contributed by atoms with van der Waals surface area (Å²) in [5.41, 5.74) is 1.83. The number of hydrogen-bond acceptors (Lipinski definition) is 4. The molecule has 0 aliphatic carbocycles. The van der Waals surface area contributed by atoms with Crippen LogP contribution < -0.4 is 16.0 Å². The van der Waals surface area contributed by atoms with Crippen molar-refractivity contribution in [2.75, 3.05) is 25.5 Å². The molecular weight excluding hydrogens is 270 g/mol. The minimum Gasteiger partial charge on any atom is -0.468 e. The number of benzene rings is 1. The Hall–Kier alpha value is -2.08. The zero-order chi connectivity index (χ0) is 15.7. The van der Waals surface area contributed by atoms with Gasteiger partial charge in [0.1, 0.15) is 6.54 Å². The fourth-order valence-corrected chi connectivity index (χ4v) is 1.73. The smallest absolute Gasteiger partial charge is 0.325 e. The molecular formula is C15H23N3O3. The third kappa shape index (κ3) is 6.27. The van der Waals surface area contributed by atoms with E-state index in [-0.39, 0.29) is 12.6 Å². The lowest BCUT2D eigenvalue weighted by molar-refractivity contribution is -0.139. The number of ether oxygens (including phenoxy) is 1. The van der Waals surface area contributed by atoms with Crippen molar-refractivity contribution in [2.45, 2.75) is 26.3 Å². The van der Waals surface area contributed by atoms with Crippen molar-refractivity contribution < 1.29 is 14.3 Å². The summed E-state index contributed by atoms with van der Waals surface area (Å²) in [6, 6.07) is 7.42. The number of esters is 1. The van der Waals surface area contributed by atoms with Crippen LogP contribution in [0.3, 0.4) is 0 Å². The van der Waals surface area contributed by atoms with E-state index in [0.29, 0.717) is 5.69 Å². The monoisotopic (exact) mass is 293 g/mol. The van der Waals surface area contributed by atoms with Crippen LogP contribution in [0.4, 0.5) is 10.5 Å². The number of urea groups is 1. The van der Waals surface area contributed by atoms with Gasteiger partial charge in [0.25, 0.3) is 0 Å². The Labute approximate surface area is 125 Å². The van der Waals surface area contributed by atoms with Gasteiger partial charge in [0, 0.05) is 11.7 Å². The van der Waals surface area contributed by atoms with Crippen LogP contribution in [0.5, 0.6) is 0 Å². The van der Waals surface area contributed by atoms with E-state index in [9.17, 15) is 9.59 Å². The normalized spacial score (nSPS) is 11.6. The molecule has 1 rings (SSSR count). The molecule has 0 fully saturated rings. The number of hydrogen-bond donors (Lipinski definition) is 3. The molecule has 1 aromatic rings. The van der Waals surface area contributed by atoms with Gasteiger partial charge in [-0.15, -0.1) is 0 Å². The summed E-state index contributed by atoms with van der Waals surface area (Å²) in [6.45, 7) is 5.04. The highest BCUT2D eigenvalue weighted by atomic mass is 16.5. The fraction of sp³-hybridized carbons (Fsp3) is 0.467. The van der Waals surface area contributed by atoms with Crippen LogP contribution in [0.25, 0.3) is 0 Å². The van der Waals surface area contributed by atoms with Crippen molar-refractivity contribution in [1.29, 1.82) is 0 Å². The second-order valence-corrected chi connectivity index (χ2v) is 4.68. The van der Waals surface area contributed by atoms with Gasteiger partial charge in [-0.1, -0.05) is 19.1 Å². The first-order chi connectivity index (χ1) is 10.1. The van der Waals surface area contributed by atoms with Crippen molar-refractivity contribution in [3.8, 4) is 0 Å². The lowest BCUT2D eigenvalue weighted by Crippen LogP contribution is -2.33. The average molecular weight is 293 g/mol. The highest BCUT2D eigenvalue weighted by Crippen LogP contribution is 2.15. The topological polar surface area (TPSA) is 79.5 Å². The van der Waals surface area contributed by atoms with E-state index in [0.717, 1.165) is 18.5 Å². The van der Waals surface area contributed by atoms with Gasteiger partial charge in [-0.2, -0.15) is 0 Å². The van der Waals surface area contributed by atoms with Crippen LogP contribution in [-0.2, 0) is 9.53 Å². The standard InChI is InChI=1S/C15H23N3O3/c1-4-9-16-11(2)12-5-7-13(8-6-12)18-15(20)17-10-14(19)21-3/h5-8,11,16H,4,9-10H2,1-3H3,(H2,17,18,20). The Morgan fingerprint density at radius 3 is 2.48 bits per heavy atom. The molecule has 21 heavy (non-hydrogen) atoms. The lowest BCUT2D eigenvalue weighted by atomic mass is 10.1. The molecule has 0 saturated carbocycles. The zero-order valence-electron chi connectivity index (χ0n) is 12.7. The number of rotatable bonds is 7. The van der Waals surface area contributed by atoms with Gasteiger partial charge in [0.15, 0.2) is 0 Å². The molecule has 0 radical (unpaired) electrons. The highest BCUT2D eigenvalue weighted by Gasteiger charge is 2.07. The van der Waals surface area contributed by atoms with Crippen LogP contribution in [0.1, 0.15) is 31.9 Å². The van der Waals surface area contributed by atoms with E-state index in [2.05, 4.69) is 34.5 Å². The van der Waals surface area contributed by atoms with E-state index in [1.165, 1.54) is 7.11 Å². The first-order valence-electron chi connectivity index (χ1n) is 7.01. The summed E-state index contributed by atoms with van der Waals surface area (Å²) in [6.07, 6.45) is 1.09. The molecule has 2 amide bonds. The molecule has 3 N–H and O–H groups in total. The number of anilines is 1. The van der Waals surface area contributed by atoms with E-state index >= 15 is 0 Å². The number of amides is 2. The molecule has 0 saturated heterocycles. The predicted octanol–water partition coefficient (Wildman–Crippen LogP) is 2.04. The minimum atomic E-state index is -0.490. The Kier molecular flexibility index (Phi) is 7.25. The lowest BCUT2D eigenvalue weighted by Gasteiger charge is -2.14. The molecule has 0 heterocycles. The van der Waals surface area contributed by atoms with E-state index in [1.807, 2.05) is 24.3 Å². The summed E-state index contributed by atoms with van der Waals surface area (Å²) >= 11 is 0. The predicted molar refractivity (Wildman–Crippen MR) is 82.2 cm³/mol. The van der Waals surface area contributed by atoms with Gasteiger partial charge in [-0.25, -0.2) is 4.79 Å². The summed E-state index contributed by atoms with van der Waals surface area (Å²) in [4.78, 5) is 22.5. The molecule has 0 aromatic heterocycles. The maximum absolute atomic E-state index is 11.6. The molecule has 0 bridgehead atoms. The Morgan fingerprint density at radius 2 is 1.90 bits per heavy atom.